The lowest BCUT2D eigenvalue weighted by Crippen LogP contribution is -1.91. The highest BCUT2D eigenvalue weighted by atomic mass is 16.3. The Morgan fingerprint density at radius 1 is 0.425 bits per heavy atom. The van der Waals surface area contributed by atoms with Crippen molar-refractivity contribution in [3.63, 3.8) is 0 Å². The molecule has 2 aromatic heterocycles. The van der Waals surface area contributed by atoms with Crippen molar-refractivity contribution in [2.45, 2.75) is 0 Å². The summed E-state index contributed by atoms with van der Waals surface area (Å²) < 4.78 is 12.2. The molecule has 0 amide bonds. The van der Waals surface area contributed by atoms with E-state index in [2.05, 4.69) is 78.9 Å². The zero-order valence-corrected chi connectivity index (χ0v) is 21.4. The minimum atomic E-state index is 0.630. The van der Waals surface area contributed by atoms with E-state index >= 15 is 0 Å². The number of hydrogen-bond donors (Lipinski definition) is 0. The quantitative estimate of drug-likeness (QED) is 0.237. The number of furan rings is 2. The van der Waals surface area contributed by atoms with E-state index in [1.54, 1.807) is 0 Å². The van der Waals surface area contributed by atoms with Gasteiger partial charge in [0, 0.05) is 21.5 Å². The summed E-state index contributed by atoms with van der Waals surface area (Å²) in [5.41, 5.74) is 10.6. The van der Waals surface area contributed by atoms with E-state index in [0.717, 1.165) is 77.3 Å². The van der Waals surface area contributed by atoms with Crippen LogP contribution in [0.1, 0.15) is 5.56 Å². The summed E-state index contributed by atoms with van der Waals surface area (Å²) in [5.74, 6) is 0. The van der Waals surface area contributed by atoms with Crippen LogP contribution in [-0.4, -0.2) is 0 Å². The van der Waals surface area contributed by atoms with E-state index in [0.29, 0.717) is 5.56 Å². The topological polar surface area (TPSA) is 50.1 Å². The van der Waals surface area contributed by atoms with Gasteiger partial charge in [-0.2, -0.15) is 5.26 Å². The predicted octanol–water partition coefficient (Wildman–Crippen LogP) is 10.4. The molecule has 8 aromatic rings. The second-order valence-electron chi connectivity index (χ2n) is 10.0. The molecular formula is C37H21NO2. The highest BCUT2D eigenvalue weighted by Gasteiger charge is 2.17. The second kappa shape index (κ2) is 8.73. The molecule has 8 rings (SSSR count). The van der Waals surface area contributed by atoms with Crippen LogP contribution < -0.4 is 0 Å². The molecule has 0 unspecified atom stereocenters. The fraction of sp³-hybridized carbons (Fsp3) is 0. The highest BCUT2D eigenvalue weighted by Crippen LogP contribution is 2.43. The molecule has 3 nitrogen and oxygen atoms in total. The Hall–Kier alpha value is -5.59. The Morgan fingerprint density at radius 3 is 1.52 bits per heavy atom. The molecule has 186 valence electrons. The summed E-state index contributed by atoms with van der Waals surface area (Å²) >= 11 is 0. The summed E-state index contributed by atoms with van der Waals surface area (Å²) in [6, 6.07) is 45.6. The van der Waals surface area contributed by atoms with E-state index in [-0.39, 0.29) is 0 Å². The fourth-order valence-electron chi connectivity index (χ4n) is 5.88. The zero-order valence-electron chi connectivity index (χ0n) is 21.4. The molecule has 0 aliphatic heterocycles. The van der Waals surface area contributed by atoms with Gasteiger partial charge in [0.15, 0.2) is 0 Å². The lowest BCUT2D eigenvalue weighted by molar-refractivity contribution is 0.668. The maximum atomic E-state index is 9.70. The lowest BCUT2D eigenvalue weighted by atomic mass is 9.86. The van der Waals surface area contributed by atoms with Gasteiger partial charge in [0.1, 0.15) is 22.3 Å². The first kappa shape index (κ1) is 22.4. The SMILES string of the molecule is N#Cc1cccc(-c2c(-c3ccc4oc5ccccc5c4c3)cccc2-c2ccc3oc4ccccc4c3c2)c1. The molecule has 0 saturated carbocycles. The lowest BCUT2D eigenvalue weighted by Gasteiger charge is -2.17. The first-order valence-electron chi connectivity index (χ1n) is 13.2. The van der Waals surface area contributed by atoms with Crippen LogP contribution in [0.5, 0.6) is 0 Å². The second-order valence-corrected chi connectivity index (χ2v) is 10.0. The minimum absolute atomic E-state index is 0.630. The van der Waals surface area contributed by atoms with Crippen molar-refractivity contribution in [1.82, 2.24) is 0 Å². The molecule has 0 fully saturated rings. The van der Waals surface area contributed by atoms with Crippen LogP contribution in [0.2, 0.25) is 0 Å². The maximum absolute atomic E-state index is 9.70. The van der Waals surface area contributed by atoms with Crippen LogP contribution in [0.25, 0.3) is 77.3 Å². The van der Waals surface area contributed by atoms with E-state index in [1.165, 1.54) is 0 Å². The van der Waals surface area contributed by atoms with Gasteiger partial charge in [0.25, 0.3) is 0 Å². The van der Waals surface area contributed by atoms with Gasteiger partial charge in [-0.3, -0.25) is 0 Å². The van der Waals surface area contributed by atoms with Crippen LogP contribution >= 0.6 is 0 Å². The van der Waals surface area contributed by atoms with E-state index in [4.69, 9.17) is 8.83 Å². The number of nitriles is 1. The van der Waals surface area contributed by atoms with Crippen molar-refractivity contribution >= 4 is 43.9 Å². The van der Waals surface area contributed by atoms with Crippen LogP contribution in [-0.2, 0) is 0 Å². The minimum Gasteiger partial charge on any atom is -0.456 e. The van der Waals surface area contributed by atoms with Crippen LogP contribution in [0.4, 0.5) is 0 Å². The molecule has 3 heteroatoms. The molecule has 40 heavy (non-hydrogen) atoms. The molecular weight excluding hydrogens is 490 g/mol. The molecule has 2 heterocycles. The smallest absolute Gasteiger partial charge is 0.135 e. The van der Waals surface area contributed by atoms with E-state index in [9.17, 15) is 5.26 Å². The zero-order chi connectivity index (χ0) is 26.6. The Labute approximate surface area is 230 Å². The van der Waals surface area contributed by atoms with Crippen molar-refractivity contribution < 1.29 is 8.83 Å². The Balaban J connectivity index is 1.41. The molecule has 0 radical (unpaired) electrons. The summed E-state index contributed by atoms with van der Waals surface area (Å²) in [7, 11) is 0. The normalized spacial score (nSPS) is 11.5. The van der Waals surface area contributed by atoms with E-state index < -0.39 is 0 Å². The van der Waals surface area contributed by atoms with Gasteiger partial charge >= 0.3 is 0 Å². The van der Waals surface area contributed by atoms with Crippen molar-refractivity contribution in [2.75, 3.05) is 0 Å². The number of para-hydroxylation sites is 2. The first-order valence-corrected chi connectivity index (χ1v) is 13.2. The van der Waals surface area contributed by atoms with E-state index in [1.807, 2.05) is 54.6 Å². The first-order chi connectivity index (χ1) is 19.8. The third kappa shape index (κ3) is 3.44. The molecule has 0 atom stereocenters. The molecule has 0 bridgehead atoms. The fourth-order valence-corrected chi connectivity index (χ4v) is 5.88. The number of rotatable bonds is 3. The molecule has 0 N–H and O–H groups in total. The van der Waals surface area contributed by atoms with Crippen molar-refractivity contribution in [3.8, 4) is 39.4 Å². The molecule has 0 aliphatic rings. The van der Waals surface area contributed by atoms with Crippen molar-refractivity contribution in [3.05, 3.63) is 133 Å². The highest BCUT2D eigenvalue weighted by molar-refractivity contribution is 6.09. The van der Waals surface area contributed by atoms with Gasteiger partial charge in [-0.15, -0.1) is 0 Å². The number of hydrogen-bond acceptors (Lipinski definition) is 3. The summed E-state index contributed by atoms with van der Waals surface area (Å²) in [5, 5.41) is 14.1. The van der Waals surface area contributed by atoms with Crippen LogP contribution in [0.15, 0.2) is 136 Å². The predicted molar refractivity (Wildman–Crippen MR) is 162 cm³/mol. The number of benzene rings is 6. The number of nitrogens with zero attached hydrogens (tertiary/aromatic N) is 1. The largest absolute Gasteiger partial charge is 0.456 e. The van der Waals surface area contributed by atoms with Crippen LogP contribution in [0, 0.1) is 11.3 Å². The standard InChI is InChI=1S/C37H21NO2/c38-22-23-7-5-8-26(19-23)37-27(24-15-17-35-31(20-24)29-9-1-3-13-33(29)39-35)11-6-12-28(37)25-16-18-36-32(21-25)30-10-2-4-14-34(30)40-36/h1-21H. The van der Waals surface area contributed by atoms with Gasteiger partial charge < -0.3 is 8.83 Å². The summed E-state index contributed by atoms with van der Waals surface area (Å²) in [4.78, 5) is 0. The third-order valence-corrected chi connectivity index (χ3v) is 7.72. The number of fused-ring (bicyclic) bond motifs is 6. The Kier molecular flexibility index (Phi) is 4.89. The van der Waals surface area contributed by atoms with Gasteiger partial charge in [0.2, 0.25) is 0 Å². The monoisotopic (exact) mass is 511 g/mol. The van der Waals surface area contributed by atoms with Gasteiger partial charge in [-0.25, -0.2) is 0 Å². The molecule has 0 spiro atoms. The maximum Gasteiger partial charge on any atom is 0.135 e. The average molecular weight is 512 g/mol. The molecule has 6 aromatic carbocycles. The van der Waals surface area contributed by atoms with Gasteiger partial charge in [-0.05, 0) is 81.9 Å². The Morgan fingerprint density at radius 2 is 0.950 bits per heavy atom. The summed E-state index contributed by atoms with van der Waals surface area (Å²) in [6.07, 6.45) is 0. The van der Waals surface area contributed by atoms with Crippen molar-refractivity contribution in [1.29, 1.82) is 5.26 Å². The Bertz CT molecular complexity index is 2160. The molecule has 0 saturated heterocycles. The van der Waals surface area contributed by atoms with Crippen molar-refractivity contribution in [2.24, 2.45) is 0 Å². The summed E-state index contributed by atoms with van der Waals surface area (Å²) in [6.45, 7) is 0. The third-order valence-electron chi connectivity index (χ3n) is 7.72. The van der Waals surface area contributed by atoms with Gasteiger partial charge in [0.05, 0.1) is 11.6 Å². The van der Waals surface area contributed by atoms with Gasteiger partial charge in [-0.1, -0.05) is 78.9 Å². The van der Waals surface area contributed by atoms with Crippen LogP contribution in [0.3, 0.4) is 0 Å². The molecule has 0 aliphatic carbocycles. The average Bonchev–Trinajstić information content (AvgIpc) is 3.58.